The Morgan fingerprint density at radius 3 is 2.58 bits per heavy atom. The fourth-order valence-corrected chi connectivity index (χ4v) is 6.07. The predicted molar refractivity (Wildman–Crippen MR) is 164 cm³/mol. The Labute approximate surface area is 248 Å². The number of hydrogen-bond acceptors (Lipinski definition) is 7. The fourth-order valence-electron chi connectivity index (χ4n) is 4.21. The van der Waals surface area contributed by atoms with Crippen LogP contribution in [-0.2, 0) is 29.2 Å². The van der Waals surface area contributed by atoms with Crippen LogP contribution in [0.4, 0.5) is 0 Å². The summed E-state index contributed by atoms with van der Waals surface area (Å²) in [5.74, 6) is -0.274. The number of aromatic nitrogens is 2. The van der Waals surface area contributed by atoms with Crippen LogP contribution in [0, 0.1) is 5.41 Å². The largest absolute Gasteiger partial charge is 0.487 e. The zero-order chi connectivity index (χ0) is 28.9. The van der Waals surface area contributed by atoms with Gasteiger partial charge < -0.3 is 19.2 Å². The molecule has 0 aliphatic rings. The molecule has 0 spiro atoms. The van der Waals surface area contributed by atoms with Gasteiger partial charge in [0, 0.05) is 54.8 Å². The number of halogens is 1. The number of carbonyl (C=O) groups is 1. The van der Waals surface area contributed by atoms with E-state index in [0.717, 1.165) is 33.6 Å². The number of aliphatic carboxylic acids is 1. The van der Waals surface area contributed by atoms with Crippen LogP contribution >= 0.6 is 34.7 Å². The molecule has 0 saturated carbocycles. The van der Waals surface area contributed by atoms with Crippen molar-refractivity contribution in [2.24, 2.45) is 10.6 Å². The van der Waals surface area contributed by atoms with Crippen molar-refractivity contribution in [1.29, 1.82) is 0 Å². The van der Waals surface area contributed by atoms with E-state index in [4.69, 9.17) is 26.3 Å². The smallest absolute Gasteiger partial charge is 0.344 e. The molecule has 4 aromatic rings. The molecule has 2 aromatic carbocycles. The topological polar surface area (TPSA) is 85.9 Å². The second-order valence-electron chi connectivity index (χ2n) is 11.2. The summed E-state index contributed by atoms with van der Waals surface area (Å²) in [5.41, 5.74) is 5.70. The summed E-state index contributed by atoms with van der Waals surface area (Å²) in [5, 5.41) is 16.7. The Hall–Kier alpha value is -3.01. The molecule has 2 heterocycles. The average Bonchev–Trinajstić information content (AvgIpc) is 3.48. The molecule has 0 saturated heterocycles. The molecular weight excluding hydrogens is 566 g/mol. The maximum Gasteiger partial charge on any atom is 0.344 e. The first kappa shape index (κ1) is 30.0. The molecule has 4 rings (SSSR count). The van der Waals surface area contributed by atoms with Crippen molar-refractivity contribution < 1.29 is 19.5 Å². The number of carboxylic acid groups (broad SMARTS) is 1. The Bertz CT molecular complexity index is 1470. The maximum absolute atomic E-state index is 10.8. The van der Waals surface area contributed by atoms with Crippen LogP contribution in [0.3, 0.4) is 0 Å². The van der Waals surface area contributed by atoms with Crippen LogP contribution in [-0.4, -0.2) is 38.2 Å². The molecule has 0 unspecified atom stereocenters. The summed E-state index contributed by atoms with van der Waals surface area (Å²) in [4.78, 5) is 21.3. The van der Waals surface area contributed by atoms with E-state index in [1.165, 1.54) is 4.90 Å². The molecule has 0 bridgehead atoms. The molecule has 10 heteroatoms. The number of nitrogens with zero attached hydrogens (tertiary/aromatic N) is 3. The third-order valence-corrected chi connectivity index (χ3v) is 8.07. The predicted octanol–water partition coefficient (Wildman–Crippen LogP) is 7.92. The molecule has 7 nitrogen and oxygen atoms in total. The lowest BCUT2D eigenvalue weighted by Crippen LogP contribution is -2.21. The lowest BCUT2D eigenvalue weighted by molar-refractivity contribution is -0.142. The highest BCUT2D eigenvalue weighted by atomic mass is 35.5. The van der Waals surface area contributed by atoms with Crippen LogP contribution in [0.25, 0.3) is 10.9 Å². The first-order valence-electron chi connectivity index (χ1n) is 12.9. The molecule has 212 valence electrons. The molecule has 0 radical (unpaired) electrons. The summed E-state index contributed by atoms with van der Waals surface area (Å²) >= 11 is 9.56. The minimum Gasteiger partial charge on any atom is -0.487 e. The van der Waals surface area contributed by atoms with Crippen LogP contribution < -0.4 is 4.74 Å². The van der Waals surface area contributed by atoms with Crippen molar-refractivity contribution in [3.8, 4) is 5.75 Å². The van der Waals surface area contributed by atoms with Crippen molar-refractivity contribution in [3.05, 3.63) is 75.3 Å². The van der Waals surface area contributed by atoms with Gasteiger partial charge in [-0.05, 0) is 42.3 Å². The van der Waals surface area contributed by atoms with Gasteiger partial charge in [0.2, 0.25) is 6.61 Å². The number of carboxylic acids is 1. The van der Waals surface area contributed by atoms with Crippen LogP contribution in [0.1, 0.15) is 51.6 Å². The van der Waals surface area contributed by atoms with Gasteiger partial charge in [-0.3, -0.25) is 0 Å². The number of oxime groups is 1. The number of thiazole rings is 1. The average molecular weight is 600 g/mol. The van der Waals surface area contributed by atoms with Gasteiger partial charge in [0.05, 0.1) is 11.2 Å². The van der Waals surface area contributed by atoms with Crippen molar-refractivity contribution >= 4 is 57.8 Å². The lowest BCUT2D eigenvalue weighted by atomic mass is 9.89. The van der Waals surface area contributed by atoms with Gasteiger partial charge in [-0.2, -0.15) is 0 Å². The van der Waals surface area contributed by atoms with Gasteiger partial charge in [0.1, 0.15) is 12.4 Å². The summed E-state index contributed by atoms with van der Waals surface area (Å²) in [6.45, 7) is 11.4. The molecule has 0 amide bonds. The quantitative estimate of drug-likeness (QED) is 0.101. The Balaban J connectivity index is 1.80. The van der Waals surface area contributed by atoms with Gasteiger partial charge in [-0.15, -0.1) is 23.1 Å². The molecule has 0 fully saturated rings. The molecule has 0 atom stereocenters. The van der Waals surface area contributed by atoms with Crippen molar-refractivity contribution in [1.82, 2.24) is 9.55 Å². The van der Waals surface area contributed by atoms with Crippen LogP contribution in [0.5, 0.6) is 5.75 Å². The minimum absolute atomic E-state index is 0.0472. The summed E-state index contributed by atoms with van der Waals surface area (Å²) in [7, 11) is 0. The fraction of sp³-hybridized carbons (Fsp3) is 0.367. The van der Waals surface area contributed by atoms with E-state index in [-0.39, 0.29) is 4.75 Å². The number of hydrogen-bond donors (Lipinski definition) is 1. The third-order valence-electron chi connectivity index (χ3n) is 5.91. The summed E-state index contributed by atoms with van der Waals surface area (Å²) in [6.07, 6.45) is 2.34. The Morgan fingerprint density at radius 1 is 1.18 bits per heavy atom. The monoisotopic (exact) mass is 599 g/mol. The van der Waals surface area contributed by atoms with Gasteiger partial charge >= 0.3 is 5.97 Å². The molecular formula is C30H34ClN3O4S2. The zero-order valence-electron chi connectivity index (χ0n) is 23.3. The number of fused-ring (bicyclic) bond motifs is 1. The van der Waals surface area contributed by atoms with Crippen molar-refractivity contribution in [3.63, 3.8) is 0 Å². The van der Waals surface area contributed by atoms with Crippen molar-refractivity contribution in [2.45, 2.75) is 63.8 Å². The summed E-state index contributed by atoms with van der Waals surface area (Å²) in [6, 6.07) is 14.2. The normalized spacial score (nSPS) is 12.3. The second kappa shape index (κ2) is 12.7. The Kier molecular flexibility index (Phi) is 9.48. The number of benzene rings is 2. The maximum atomic E-state index is 10.8. The highest BCUT2D eigenvalue weighted by Gasteiger charge is 2.28. The van der Waals surface area contributed by atoms with E-state index in [2.05, 4.69) is 61.5 Å². The molecule has 0 aliphatic heterocycles. The van der Waals surface area contributed by atoms with Gasteiger partial charge in [0.15, 0.2) is 0 Å². The van der Waals surface area contributed by atoms with Gasteiger partial charge in [0.25, 0.3) is 0 Å². The standard InChI is InChI=1S/C30H34ClN3O4S2/c1-29(2,3)40-28-24-12-23(37-15-22-17-39-19-32-22)10-11-25(24)34(14-20-6-8-21(31)9-7-20)26(28)13-30(4,5)18-33-38-16-27(35)36/h6-12,17-19H,13-16H2,1-5H3,(H,35,36)/b33-18+. The van der Waals surface area contributed by atoms with E-state index in [1.54, 1.807) is 23.1 Å². The molecule has 0 aliphatic carbocycles. The molecule has 2 aromatic heterocycles. The van der Waals surface area contributed by atoms with Gasteiger partial charge in [-0.1, -0.05) is 63.5 Å². The van der Waals surface area contributed by atoms with E-state index >= 15 is 0 Å². The van der Waals surface area contributed by atoms with E-state index in [0.29, 0.717) is 24.6 Å². The van der Waals surface area contributed by atoms with E-state index in [9.17, 15) is 4.79 Å². The number of thioether (sulfide) groups is 1. The SMILES string of the molecule is CC(C)(/C=N/OCC(=O)O)Cc1c(SC(C)(C)C)c2cc(OCc3cscn3)ccc2n1Cc1ccc(Cl)cc1. The van der Waals surface area contributed by atoms with E-state index < -0.39 is 18.0 Å². The van der Waals surface area contributed by atoms with Crippen LogP contribution in [0.2, 0.25) is 5.02 Å². The highest BCUT2D eigenvalue weighted by molar-refractivity contribution is 8.00. The first-order valence-corrected chi connectivity index (χ1v) is 15.0. The molecule has 40 heavy (non-hydrogen) atoms. The molecule has 1 N–H and O–H groups in total. The third kappa shape index (κ3) is 8.25. The highest BCUT2D eigenvalue weighted by Crippen LogP contribution is 2.44. The Morgan fingerprint density at radius 2 is 1.93 bits per heavy atom. The lowest BCUT2D eigenvalue weighted by Gasteiger charge is -2.24. The first-order chi connectivity index (χ1) is 18.9. The number of ether oxygens (including phenoxy) is 1. The summed E-state index contributed by atoms with van der Waals surface area (Å²) < 4.78 is 8.44. The van der Waals surface area contributed by atoms with Crippen molar-refractivity contribution in [2.75, 3.05) is 6.61 Å². The van der Waals surface area contributed by atoms with Gasteiger partial charge in [-0.25, -0.2) is 9.78 Å². The number of rotatable bonds is 12. The zero-order valence-corrected chi connectivity index (χ0v) is 25.7. The minimum atomic E-state index is -1.06. The van der Waals surface area contributed by atoms with E-state index in [1.807, 2.05) is 47.5 Å². The second-order valence-corrected chi connectivity index (χ2v) is 14.2. The van der Waals surface area contributed by atoms with Crippen LogP contribution in [0.15, 0.2) is 63.4 Å².